The van der Waals surface area contributed by atoms with Crippen LogP contribution in [-0.4, -0.2) is 0 Å². The van der Waals surface area contributed by atoms with Crippen LogP contribution in [0.15, 0.2) is 85.0 Å². The predicted molar refractivity (Wildman–Crippen MR) is 89.0 cm³/mol. The van der Waals surface area contributed by atoms with Gasteiger partial charge in [0.2, 0.25) is 0 Å². The van der Waals surface area contributed by atoms with Gasteiger partial charge >= 0.3 is 0 Å². The summed E-state index contributed by atoms with van der Waals surface area (Å²) in [6.07, 6.45) is 11.0. The smallest absolute Gasteiger partial charge is 0.0178 e. The minimum Gasteiger partial charge on any atom is -0.0842 e. The van der Waals surface area contributed by atoms with Crippen molar-refractivity contribution in [2.45, 2.75) is 12.8 Å². The molecule has 0 radical (unpaired) electrons. The van der Waals surface area contributed by atoms with Gasteiger partial charge in [-0.05, 0) is 46.5 Å². The van der Waals surface area contributed by atoms with Crippen molar-refractivity contribution in [1.29, 1.82) is 0 Å². The Kier molecular flexibility index (Phi) is 3.93. The second-order valence-corrected chi connectivity index (χ2v) is 4.98. The molecule has 0 spiro atoms. The van der Waals surface area contributed by atoms with Gasteiger partial charge < -0.3 is 0 Å². The highest BCUT2D eigenvalue weighted by molar-refractivity contribution is 5.98. The van der Waals surface area contributed by atoms with Crippen LogP contribution in [0.1, 0.15) is 12.8 Å². The zero-order valence-corrected chi connectivity index (χ0v) is 11.5. The molecule has 0 fully saturated rings. The van der Waals surface area contributed by atoms with Gasteiger partial charge in [-0.3, -0.25) is 0 Å². The lowest BCUT2D eigenvalue weighted by Crippen LogP contribution is -1.74. The Hall–Kier alpha value is -2.34. The first-order valence-corrected chi connectivity index (χ1v) is 7.13. The number of allylic oxidation sites excluding steroid dienone is 4. The fourth-order valence-corrected chi connectivity index (χ4v) is 2.42. The van der Waals surface area contributed by atoms with Crippen molar-refractivity contribution in [2.24, 2.45) is 0 Å². The summed E-state index contributed by atoms with van der Waals surface area (Å²) in [6.45, 7) is 0. The standard InChI is InChI=1S/C14H10.C6H8/c1-2-6-12-10-14-8-4-3-7-13(14)9-11(12)5-1;1-2-4-6-5-3-1/h1-10H;1-4H,5-6H2. The first-order valence-electron chi connectivity index (χ1n) is 7.13. The molecule has 3 aromatic carbocycles. The van der Waals surface area contributed by atoms with Gasteiger partial charge in [-0.1, -0.05) is 72.8 Å². The predicted octanol–water partition coefficient (Wildman–Crippen LogP) is 5.89. The fraction of sp³-hybridized carbons (Fsp3) is 0.100. The SMILES string of the molecule is C1=CCCC=C1.c1ccc2cc3ccccc3cc2c1. The van der Waals surface area contributed by atoms with Crippen molar-refractivity contribution >= 4 is 21.5 Å². The Balaban J connectivity index is 0.000000170. The van der Waals surface area contributed by atoms with E-state index in [1.165, 1.54) is 34.4 Å². The van der Waals surface area contributed by atoms with E-state index in [0.717, 1.165) is 0 Å². The van der Waals surface area contributed by atoms with Gasteiger partial charge in [-0.15, -0.1) is 0 Å². The van der Waals surface area contributed by atoms with E-state index in [9.17, 15) is 0 Å². The molecule has 0 saturated heterocycles. The number of rotatable bonds is 0. The summed E-state index contributed by atoms with van der Waals surface area (Å²) in [5.41, 5.74) is 0. The monoisotopic (exact) mass is 258 g/mol. The van der Waals surface area contributed by atoms with Gasteiger partial charge in [0.15, 0.2) is 0 Å². The summed E-state index contributed by atoms with van der Waals surface area (Å²) >= 11 is 0. The van der Waals surface area contributed by atoms with E-state index in [-0.39, 0.29) is 0 Å². The van der Waals surface area contributed by atoms with Crippen LogP contribution in [-0.2, 0) is 0 Å². The van der Waals surface area contributed by atoms with Crippen LogP contribution in [0.2, 0.25) is 0 Å². The highest BCUT2D eigenvalue weighted by Crippen LogP contribution is 2.21. The quantitative estimate of drug-likeness (QED) is 0.441. The van der Waals surface area contributed by atoms with Crippen LogP contribution in [0.3, 0.4) is 0 Å². The van der Waals surface area contributed by atoms with Crippen LogP contribution in [0.5, 0.6) is 0 Å². The van der Waals surface area contributed by atoms with Crippen molar-refractivity contribution in [3.63, 3.8) is 0 Å². The van der Waals surface area contributed by atoms with E-state index >= 15 is 0 Å². The second kappa shape index (κ2) is 6.21. The van der Waals surface area contributed by atoms with E-state index in [2.05, 4.69) is 85.0 Å². The molecular formula is C20H18. The molecular weight excluding hydrogens is 240 g/mol. The Morgan fingerprint density at radius 3 is 1.10 bits per heavy atom. The number of hydrogen-bond acceptors (Lipinski definition) is 0. The summed E-state index contributed by atoms with van der Waals surface area (Å²) in [6, 6.07) is 21.4. The van der Waals surface area contributed by atoms with Crippen LogP contribution in [0, 0.1) is 0 Å². The van der Waals surface area contributed by atoms with Crippen molar-refractivity contribution in [1.82, 2.24) is 0 Å². The lowest BCUT2D eigenvalue weighted by molar-refractivity contribution is 1.04. The topological polar surface area (TPSA) is 0 Å². The molecule has 0 atom stereocenters. The minimum atomic E-state index is 1.23. The molecule has 1 aliphatic carbocycles. The number of fused-ring (bicyclic) bond motifs is 2. The van der Waals surface area contributed by atoms with Crippen LogP contribution >= 0.6 is 0 Å². The highest BCUT2D eigenvalue weighted by atomic mass is 14.0. The third-order valence-electron chi connectivity index (χ3n) is 3.50. The molecule has 1 aliphatic rings. The third kappa shape index (κ3) is 2.97. The van der Waals surface area contributed by atoms with Crippen molar-refractivity contribution < 1.29 is 0 Å². The average Bonchev–Trinajstić information content (AvgIpc) is 2.55. The van der Waals surface area contributed by atoms with Gasteiger partial charge in [0, 0.05) is 0 Å². The molecule has 0 saturated carbocycles. The van der Waals surface area contributed by atoms with Gasteiger partial charge in [-0.25, -0.2) is 0 Å². The Bertz CT molecular complexity index is 646. The van der Waals surface area contributed by atoms with E-state index in [4.69, 9.17) is 0 Å². The Labute approximate surface area is 120 Å². The summed E-state index contributed by atoms with van der Waals surface area (Å²) < 4.78 is 0. The van der Waals surface area contributed by atoms with Crippen molar-refractivity contribution in [3.05, 3.63) is 85.0 Å². The minimum absolute atomic E-state index is 1.23. The first-order chi connectivity index (χ1) is 9.93. The molecule has 0 N–H and O–H groups in total. The molecule has 0 bridgehead atoms. The van der Waals surface area contributed by atoms with Gasteiger partial charge in [0.05, 0.1) is 0 Å². The van der Waals surface area contributed by atoms with Crippen molar-refractivity contribution in [2.75, 3.05) is 0 Å². The fourth-order valence-electron chi connectivity index (χ4n) is 2.42. The molecule has 0 aromatic heterocycles. The summed E-state index contributed by atoms with van der Waals surface area (Å²) in [4.78, 5) is 0. The molecule has 0 heteroatoms. The van der Waals surface area contributed by atoms with Crippen molar-refractivity contribution in [3.8, 4) is 0 Å². The summed E-state index contributed by atoms with van der Waals surface area (Å²) in [7, 11) is 0. The maximum Gasteiger partial charge on any atom is -0.0178 e. The zero-order chi connectivity index (χ0) is 13.6. The maximum atomic E-state index is 2.24. The lowest BCUT2D eigenvalue weighted by Gasteiger charge is -2.00. The van der Waals surface area contributed by atoms with Crippen LogP contribution < -0.4 is 0 Å². The van der Waals surface area contributed by atoms with Crippen LogP contribution in [0.4, 0.5) is 0 Å². The molecule has 0 heterocycles. The molecule has 98 valence electrons. The molecule has 3 aromatic rings. The van der Waals surface area contributed by atoms with Gasteiger partial charge in [-0.2, -0.15) is 0 Å². The molecule has 0 unspecified atom stereocenters. The number of hydrogen-bond donors (Lipinski definition) is 0. The first kappa shape index (κ1) is 12.7. The van der Waals surface area contributed by atoms with Gasteiger partial charge in [0.1, 0.15) is 0 Å². The van der Waals surface area contributed by atoms with Gasteiger partial charge in [0.25, 0.3) is 0 Å². The lowest BCUT2D eigenvalue weighted by atomic mass is 10.0. The largest absolute Gasteiger partial charge is 0.0842 e. The maximum absolute atomic E-state index is 2.24. The Morgan fingerprint density at radius 1 is 0.500 bits per heavy atom. The van der Waals surface area contributed by atoms with E-state index in [0.29, 0.717) is 0 Å². The van der Waals surface area contributed by atoms with E-state index in [1.807, 2.05) is 0 Å². The summed E-state index contributed by atoms with van der Waals surface area (Å²) in [5, 5.41) is 5.25. The molecule has 4 rings (SSSR count). The molecule has 0 aliphatic heterocycles. The van der Waals surface area contributed by atoms with Crippen LogP contribution in [0.25, 0.3) is 21.5 Å². The van der Waals surface area contributed by atoms with E-state index in [1.54, 1.807) is 0 Å². The molecule has 0 amide bonds. The second-order valence-electron chi connectivity index (χ2n) is 4.98. The zero-order valence-electron chi connectivity index (χ0n) is 11.5. The molecule has 20 heavy (non-hydrogen) atoms. The average molecular weight is 258 g/mol. The Morgan fingerprint density at radius 2 is 0.850 bits per heavy atom. The molecule has 0 nitrogen and oxygen atoms in total. The summed E-state index contributed by atoms with van der Waals surface area (Å²) in [5.74, 6) is 0. The number of benzene rings is 3. The normalized spacial score (nSPS) is 13.2. The third-order valence-corrected chi connectivity index (χ3v) is 3.50. The van der Waals surface area contributed by atoms with E-state index < -0.39 is 0 Å². The highest BCUT2D eigenvalue weighted by Gasteiger charge is 1.95.